The molecule has 0 aromatic heterocycles. The average molecular weight is 637 g/mol. The van der Waals surface area contributed by atoms with Gasteiger partial charge in [-0.1, -0.05) is 24.3 Å². The molecule has 0 fully saturated rings. The molecule has 0 saturated carbocycles. The van der Waals surface area contributed by atoms with Gasteiger partial charge in [0, 0.05) is 11.3 Å². The lowest BCUT2D eigenvalue weighted by molar-refractivity contribution is -0.136. The van der Waals surface area contributed by atoms with Crippen molar-refractivity contribution in [2.45, 2.75) is 39.6 Å². The van der Waals surface area contributed by atoms with Crippen LogP contribution in [0.1, 0.15) is 43.5 Å². The summed E-state index contributed by atoms with van der Waals surface area (Å²) in [6.45, 7) is 5.84. The van der Waals surface area contributed by atoms with E-state index in [1.807, 2.05) is 6.92 Å². The SMILES string of the molecule is CCOc1cc(/C=N\N[C@@H](O)COc2ccc([C@@H]3NC(=O)NC(C)=C3C(=O)OC)cc2OCC)ccc1OCc1ccccc1F. The number of halogens is 1. The van der Waals surface area contributed by atoms with Crippen LogP contribution in [0.15, 0.2) is 77.0 Å². The quantitative estimate of drug-likeness (QED) is 0.0828. The third kappa shape index (κ3) is 8.66. The Labute approximate surface area is 266 Å². The van der Waals surface area contributed by atoms with Crippen molar-refractivity contribution in [3.63, 3.8) is 0 Å². The van der Waals surface area contributed by atoms with E-state index in [0.717, 1.165) is 0 Å². The number of amides is 2. The van der Waals surface area contributed by atoms with Crippen molar-refractivity contribution < 1.29 is 42.8 Å². The van der Waals surface area contributed by atoms with Gasteiger partial charge in [-0.3, -0.25) is 5.43 Å². The molecule has 46 heavy (non-hydrogen) atoms. The van der Waals surface area contributed by atoms with Crippen LogP contribution in [0, 0.1) is 5.82 Å². The predicted octanol–water partition coefficient (Wildman–Crippen LogP) is 4.32. The summed E-state index contributed by atoms with van der Waals surface area (Å²) < 4.78 is 41.9. The lowest BCUT2D eigenvalue weighted by atomic mass is 9.95. The highest BCUT2D eigenvalue weighted by Gasteiger charge is 2.32. The van der Waals surface area contributed by atoms with Gasteiger partial charge in [-0.15, -0.1) is 0 Å². The van der Waals surface area contributed by atoms with Gasteiger partial charge < -0.3 is 39.4 Å². The van der Waals surface area contributed by atoms with E-state index >= 15 is 0 Å². The Hall–Kier alpha value is -5.30. The van der Waals surface area contributed by atoms with E-state index in [1.54, 1.807) is 68.4 Å². The summed E-state index contributed by atoms with van der Waals surface area (Å²) in [5, 5.41) is 19.9. The summed E-state index contributed by atoms with van der Waals surface area (Å²) in [5.74, 6) is 0.676. The van der Waals surface area contributed by atoms with Crippen molar-refractivity contribution in [2.24, 2.45) is 5.10 Å². The van der Waals surface area contributed by atoms with E-state index < -0.39 is 24.3 Å². The zero-order valence-electron chi connectivity index (χ0n) is 26.0. The van der Waals surface area contributed by atoms with Crippen molar-refractivity contribution >= 4 is 18.2 Å². The topological polar surface area (TPSA) is 149 Å². The van der Waals surface area contributed by atoms with Gasteiger partial charge in [0.15, 0.2) is 29.2 Å². The zero-order chi connectivity index (χ0) is 33.1. The number of hydrazone groups is 1. The second-order valence-corrected chi connectivity index (χ2v) is 9.93. The molecular weight excluding hydrogens is 599 g/mol. The Morgan fingerprint density at radius 3 is 2.41 bits per heavy atom. The lowest BCUT2D eigenvalue weighted by Crippen LogP contribution is -2.45. The Balaban J connectivity index is 1.38. The largest absolute Gasteiger partial charge is 0.490 e. The third-order valence-corrected chi connectivity index (χ3v) is 6.72. The summed E-state index contributed by atoms with van der Waals surface area (Å²) in [6, 6.07) is 15.3. The smallest absolute Gasteiger partial charge is 0.337 e. The number of urea groups is 1. The monoisotopic (exact) mass is 636 g/mol. The van der Waals surface area contributed by atoms with Crippen molar-refractivity contribution in [3.05, 3.63) is 94.4 Å². The van der Waals surface area contributed by atoms with E-state index in [1.165, 1.54) is 19.4 Å². The highest BCUT2D eigenvalue weighted by atomic mass is 19.1. The number of carbonyl (C=O) groups excluding carboxylic acids is 2. The van der Waals surface area contributed by atoms with Crippen LogP contribution in [0.25, 0.3) is 0 Å². The molecule has 0 bridgehead atoms. The molecule has 13 heteroatoms. The van der Waals surface area contributed by atoms with E-state index in [9.17, 15) is 19.1 Å². The molecule has 12 nitrogen and oxygen atoms in total. The summed E-state index contributed by atoms with van der Waals surface area (Å²) >= 11 is 0. The second kappa shape index (κ2) is 16.1. The molecule has 3 aromatic rings. The number of allylic oxidation sites excluding steroid dienone is 1. The minimum Gasteiger partial charge on any atom is -0.490 e. The molecule has 0 saturated heterocycles. The molecule has 2 atom stereocenters. The van der Waals surface area contributed by atoms with E-state index in [-0.39, 0.29) is 24.6 Å². The predicted molar refractivity (Wildman–Crippen MR) is 167 cm³/mol. The molecule has 0 radical (unpaired) electrons. The van der Waals surface area contributed by atoms with Crippen LogP contribution < -0.4 is 35.0 Å². The molecular formula is C33H37FN4O8. The van der Waals surface area contributed by atoms with Crippen molar-refractivity contribution in [3.8, 4) is 23.0 Å². The zero-order valence-corrected chi connectivity index (χ0v) is 26.0. The van der Waals surface area contributed by atoms with Gasteiger partial charge >= 0.3 is 12.0 Å². The lowest BCUT2D eigenvalue weighted by Gasteiger charge is -2.28. The maximum Gasteiger partial charge on any atom is 0.337 e. The van der Waals surface area contributed by atoms with Crippen LogP contribution in [0.4, 0.5) is 9.18 Å². The highest BCUT2D eigenvalue weighted by molar-refractivity contribution is 5.95. The van der Waals surface area contributed by atoms with Crippen molar-refractivity contribution in [2.75, 3.05) is 26.9 Å². The molecule has 1 aliphatic heterocycles. The number of rotatable bonds is 15. The molecule has 4 rings (SSSR count). The first-order valence-corrected chi connectivity index (χ1v) is 14.6. The molecule has 3 aromatic carbocycles. The fourth-order valence-corrected chi connectivity index (χ4v) is 4.58. The number of ether oxygens (including phenoxy) is 5. The Kier molecular flexibility index (Phi) is 11.8. The molecule has 244 valence electrons. The number of nitrogens with one attached hydrogen (secondary N) is 3. The van der Waals surface area contributed by atoms with Gasteiger partial charge in [-0.25, -0.2) is 14.0 Å². The number of aliphatic hydroxyl groups is 1. The van der Waals surface area contributed by atoms with Gasteiger partial charge in [0.25, 0.3) is 0 Å². The third-order valence-electron chi connectivity index (χ3n) is 6.72. The molecule has 0 aliphatic carbocycles. The van der Waals surface area contributed by atoms with Crippen LogP contribution in [0.2, 0.25) is 0 Å². The summed E-state index contributed by atoms with van der Waals surface area (Å²) in [4.78, 5) is 24.6. The minimum absolute atomic E-state index is 0.0432. The van der Waals surface area contributed by atoms with Gasteiger partial charge in [0.1, 0.15) is 19.0 Å². The molecule has 1 aliphatic rings. The standard InChI is InChI=1S/C33H37FN4O8/c1-5-43-27-15-21(11-13-25(27)45-18-23-9-7-8-10-24(23)34)17-35-38-29(39)19-46-26-14-12-22(16-28(26)44-6-2)31-30(32(40)42-4)20(3)36-33(41)37-31/h7-17,29,31,38-39H,5-6,18-19H2,1-4H3,(H2,36,37,41)/b35-17-/t29-,31-/m0/s1. The normalized spacial score (nSPS) is 15.1. The van der Waals surface area contributed by atoms with Crippen LogP contribution >= 0.6 is 0 Å². The first kappa shape index (κ1) is 33.6. The number of carbonyl (C=O) groups is 2. The average Bonchev–Trinajstić information content (AvgIpc) is 3.04. The Morgan fingerprint density at radius 2 is 1.70 bits per heavy atom. The van der Waals surface area contributed by atoms with Gasteiger partial charge in [0.2, 0.25) is 0 Å². The van der Waals surface area contributed by atoms with Crippen molar-refractivity contribution in [1.82, 2.24) is 16.1 Å². The summed E-state index contributed by atoms with van der Waals surface area (Å²) in [5.41, 5.74) is 4.91. The van der Waals surface area contributed by atoms with Crippen molar-refractivity contribution in [1.29, 1.82) is 0 Å². The van der Waals surface area contributed by atoms with Gasteiger partial charge in [0.05, 0.1) is 38.2 Å². The Bertz CT molecular complexity index is 1600. The fourth-order valence-electron chi connectivity index (χ4n) is 4.58. The highest BCUT2D eigenvalue weighted by Crippen LogP contribution is 2.35. The number of nitrogens with zero attached hydrogens (tertiary/aromatic N) is 1. The molecule has 0 unspecified atom stereocenters. The van der Waals surface area contributed by atoms with Gasteiger partial charge in [-0.05, 0) is 68.3 Å². The van der Waals surface area contributed by atoms with E-state index in [2.05, 4.69) is 21.2 Å². The number of hydrogen-bond acceptors (Lipinski definition) is 10. The van der Waals surface area contributed by atoms with Crippen LogP contribution in [-0.2, 0) is 16.1 Å². The first-order chi connectivity index (χ1) is 22.2. The maximum atomic E-state index is 14.0. The number of benzene rings is 3. The van der Waals surface area contributed by atoms with E-state index in [4.69, 9.17) is 23.7 Å². The molecule has 1 heterocycles. The number of hydrogen-bond donors (Lipinski definition) is 4. The Morgan fingerprint density at radius 1 is 1.00 bits per heavy atom. The van der Waals surface area contributed by atoms with Gasteiger partial charge in [-0.2, -0.15) is 5.10 Å². The maximum absolute atomic E-state index is 14.0. The molecule has 2 amide bonds. The summed E-state index contributed by atoms with van der Waals surface area (Å²) in [7, 11) is 1.27. The minimum atomic E-state index is -1.18. The molecule has 0 spiro atoms. The fraction of sp³-hybridized carbons (Fsp3) is 0.303. The van der Waals surface area contributed by atoms with Crippen LogP contribution in [-0.4, -0.2) is 56.5 Å². The molecule has 4 N–H and O–H groups in total. The number of methoxy groups -OCH3 is 1. The summed E-state index contributed by atoms with van der Waals surface area (Å²) in [6.07, 6.45) is 0.314. The first-order valence-electron chi connectivity index (χ1n) is 14.6. The second-order valence-electron chi connectivity index (χ2n) is 9.93. The number of esters is 1. The van der Waals surface area contributed by atoms with Crippen LogP contribution in [0.5, 0.6) is 23.0 Å². The van der Waals surface area contributed by atoms with Crippen LogP contribution in [0.3, 0.4) is 0 Å². The number of aliphatic hydroxyl groups excluding tert-OH is 1. The van der Waals surface area contributed by atoms with E-state index in [0.29, 0.717) is 58.6 Å².